The maximum atomic E-state index is 14.0. The van der Waals surface area contributed by atoms with Crippen LogP contribution in [0.25, 0.3) is 5.69 Å². The number of aromatic nitrogens is 3. The molecule has 0 saturated heterocycles. The van der Waals surface area contributed by atoms with Gasteiger partial charge in [0.1, 0.15) is 29.2 Å². The van der Waals surface area contributed by atoms with Gasteiger partial charge in [-0.1, -0.05) is 11.6 Å². The van der Waals surface area contributed by atoms with Gasteiger partial charge in [-0.15, -0.1) is 0 Å². The number of ether oxygens (including phenoxy) is 1. The second kappa shape index (κ2) is 10.6. The molecule has 0 amide bonds. The first-order valence-electron chi connectivity index (χ1n) is 10.7. The molecule has 1 aromatic heterocycles. The van der Waals surface area contributed by atoms with Crippen LogP contribution in [0.3, 0.4) is 0 Å². The van der Waals surface area contributed by atoms with Gasteiger partial charge in [0, 0.05) is 11.6 Å². The third-order valence-corrected chi connectivity index (χ3v) is 6.74. The van der Waals surface area contributed by atoms with Gasteiger partial charge in [0.05, 0.1) is 16.4 Å². The van der Waals surface area contributed by atoms with E-state index >= 15 is 0 Å². The normalized spacial score (nSPS) is 11.5. The van der Waals surface area contributed by atoms with Crippen molar-refractivity contribution in [2.24, 2.45) is 0 Å². The molecule has 0 radical (unpaired) electrons. The van der Waals surface area contributed by atoms with E-state index in [2.05, 4.69) is 5.10 Å². The molecule has 1 heterocycles. The van der Waals surface area contributed by atoms with Gasteiger partial charge >= 0.3 is 5.69 Å². The van der Waals surface area contributed by atoms with Gasteiger partial charge in [-0.3, -0.25) is 14.5 Å². The minimum atomic E-state index is -4.84. The number of hydrogen-bond acceptors (Lipinski definition) is 7. The van der Waals surface area contributed by atoms with Crippen molar-refractivity contribution in [2.45, 2.75) is 12.7 Å². The molecule has 40 heavy (non-hydrogen) atoms. The van der Waals surface area contributed by atoms with E-state index in [-0.39, 0.29) is 22.2 Å². The van der Waals surface area contributed by atoms with Crippen molar-refractivity contribution in [3.63, 3.8) is 0 Å². The number of benzene rings is 3. The van der Waals surface area contributed by atoms with Crippen LogP contribution in [0.1, 0.15) is 11.1 Å². The monoisotopic (exact) mass is 604 g/mol. The predicted molar refractivity (Wildman–Crippen MR) is 131 cm³/mol. The van der Waals surface area contributed by atoms with Crippen molar-refractivity contribution in [2.75, 3.05) is 4.72 Å². The van der Waals surface area contributed by atoms with Crippen LogP contribution in [-0.2, 0) is 15.8 Å². The van der Waals surface area contributed by atoms with Crippen LogP contribution < -0.4 is 20.7 Å². The second-order valence-corrected chi connectivity index (χ2v) is 10.2. The molecule has 4 aromatic rings. The zero-order valence-corrected chi connectivity index (χ0v) is 21.3. The zero-order valence-electron chi connectivity index (χ0n) is 19.7. The fourth-order valence-corrected chi connectivity index (χ4v) is 4.95. The van der Waals surface area contributed by atoms with Crippen molar-refractivity contribution in [1.82, 2.24) is 14.8 Å². The average molecular weight is 605 g/mol. The Hall–Kier alpha value is -4.44. The Morgan fingerprint density at radius 3 is 2.25 bits per heavy atom. The van der Waals surface area contributed by atoms with Crippen LogP contribution in [0.2, 0.25) is 5.02 Å². The summed E-state index contributed by atoms with van der Waals surface area (Å²) < 4.78 is 102. The Balaban J connectivity index is 1.62. The van der Waals surface area contributed by atoms with E-state index < -0.39 is 73.1 Å². The van der Waals surface area contributed by atoms with Crippen molar-refractivity contribution >= 4 is 27.3 Å². The highest BCUT2D eigenvalue weighted by Gasteiger charge is 2.29. The van der Waals surface area contributed by atoms with Crippen LogP contribution in [0.15, 0.2) is 46.1 Å². The number of aromatic amines is 1. The summed E-state index contributed by atoms with van der Waals surface area (Å²) in [5.41, 5.74) is -3.19. The van der Waals surface area contributed by atoms with Crippen molar-refractivity contribution < 1.29 is 40.2 Å². The van der Waals surface area contributed by atoms with Crippen LogP contribution in [-0.4, -0.2) is 28.3 Å². The van der Waals surface area contributed by atoms with Crippen LogP contribution >= 0.6 is 11.6 Å². The van der Waals surface area contributed by atoms with Gasteiger partial charge in [-0.2, -0.15) is 9.78 Å². The Morgan fingerprint density at radius 1 is 1.02 bits per heavy atom. The Labute approximate surface area is 225 Å². The van der Waals surface area contributed by atoms with Crippen molar-refractivity contribution in [1.29, 1.82) is 0 Å². The summed E-state index contributed by atoms with van der Waals surface area (Å²) in [6.45, 7) is 1.54. The summed E-state index contributed by atoms with van der Waals surface area (Å²) in [5, 5.41) is 13.8. The molecule has 0 saturated carbocycles. The predicted octanol–water partition coefficient (Wildman–Crippen LogP) is 4.02. The molecule has 10 nitrogen and oxygen atoms in total. The molecule has 0 aliphatic carbocycles. The number of halogens is 6. The van der Waals surface area contributed by atoms with Gasteiger partial charge in [-0.05, 0) is 36.8 Å². The quantitative estimate of drug-likeness (QED) is 0.125. The molecule has 0 fully saturated rings. The van der Waals surface area contributed by atoms with E-state index in [4.69, 9.17) is 16.3 Å². The Bertz CT molecular complexity index is 1850. The molecule has 0 aliphatic heterocycles. The molecule has 0 aliphatic rings. The third-order valence-electron chi connectivity index (χ3n) is 5.26. The molecule has 3 aromatic carbocycles. The molecule has 0 spiro atoms. The van der Waals surface area contributed by atoms with E-state index in [9.17, 15) is 45.1 Å². The topological polar surface area (TPSA) is 143 Å². The van der Waals surface area contributed by atoms with Gasteiger partial charge in [0.15, 0.2) is 23.3 Å². The van der Waals surface area contributed by atoms with Gasteiger partial charge in [-0.25, -0.2) is 35.2 Å². The maximum Gasteiger partial charge on any atom is 0.349 e. The van der Waals surface area contributed by atoms with Crippen LogP contribution in [0.5, 0.6) is 17.2 Å². The second-order valence-electron chi connectivity index (χ2n) is 8.12. The highest BCUT2D eigenvalue weighted by atomic mass is 35.5. The first-order chi connectivity index (χ1) is 18.7. The molecular weight excluding hydrogens is 591 g/mol. The summed E-state index contributed by atoms with van der Waals surface area (Å²) in [6, 6.07) is 5.87. The highest BCUT2D eigenvalue weighted by molar-refractivity contribution is 7.91. The number of nitrogens with zero attached hydrogens (tertiary/aromatic N) is 2. The number of anilines is 1. The first kappa shape index (κ1) is 28.6. The number of H-pyrrole nitrogens is 1. The zero-order chi connectivity index (χ0) is 29.5. The molecular formula is C23H14ClF5N4O6S. The summed E-state index contributed by atoms with van der Waals surface area (Å²) in [4.78, 5) is 25.3. The molecule has 3 N–H and O–H groups in total. The van der Waals surface area contributed by atoms with Crippen LogP contribution in [0, 0.1) is 36.0 Å². The van der Waals surface area contributed by atoms with E-state index in [1.807, 2.05) is 4.98 Å². The molecule has 4 rings (SSSR count). The lowest BCUT2D eigenvalue weighted by molar-refractivity contribution is 0.372. The van der Waals surface area contributed by atoms with Crippen molar-refractivity contribution in [3.8, 4) is 22.9 Å². The number of aromatic hydroxyl groups is 1. The number of aryl methyl sites for hydroxylation is 1. The van der Waals surface area contributed by atoms with E-state index in [0.29, 0.717) is 5.56 Å². The van der Waals surface area contributed by atoms with Gasteiger partial charge in [0.2, 0.25) is 15.8 Å². The van der Waals surface area contributed by atoms with Crippen molar-refractivity contribution in [3.05, 3.63) is 103 Å². The molecule has 17 heteroatoms. The number of phenolic OH excluding ortho intramolecular Hbond substituents is 1. The lowest BCUT2D eigenvalue weighted by atomic mass is 10.2. The molecule has 210 valence electrons. The fraction of sp³-hybridized carbons (Fsp3) is 0.0870. The number of sulfonamides is 1. The van der Waals surface area contributed by atoms with Gasteiger partial charge in [0.25, 0.3) is 5.56 Å². The highest BCUT2D eigenvalue weighted by Crippen LogP contribution is 2.37. The summed E-state index contributed by atoms with van der Waals surface area (Å²) in [6.07, 6.45) is 0.875. The lowest BCUT2D eigenvalue weighted by Crippen LogP contribution is -2.30. The first-order valence-corrected chi connectivity index (χ1v) is 12.7. The van der Waals surface area contributed by atoms with E-state index in [1.165, 1.54) is 25.1 Å². The SMILES string of the molecule is Cc1cc(-n2ncc(=O)[nH]c2=O)cc(Cl)c1Oc1ccc(O)c(NS(=O)(=O)Cc2c(F)c(F)c(F)c(F)c2F)c1. The summed E-state index contributed by atoms with van der Waals surface area (Å²) in [7, 11) is -4.84. The minimum absolute atomic E-state index is 0.0313. The Kier molecular flexibility index (Phi) is 7.58. The van der Waals surface area contributed by atoms with E-state index in [0.717, 1.165) is 23.0 Å². The molecule has 0 bridgehead atoms. The largest absolute Gasteiger partial charge is 0.506 e. The summed E-state index contributed by atoms with van der Waals surface area (Å²) >= 11 is 6.29. The summed E-state index contributed by atoms with van der Waals surface area (Å²) in [5.74, 6) is -14.1. The number of hydrogen-bond donors (Lipinski definition) is 3. The standard InChI is InChI=1S/C23H14ClF5N4O6S/c1-9-4-10(33-23(36)31-16(35)7-30-33)5-13(24)22(9)39-11-2-3-15(34)14(6-11)32-40(37,38)8-12-17(25)19(27)21(29)20(28)18(12)26/h2-7,32,34H,8H2,1H3,(H,31,35,36). The number of rotatable bonds is 7. The van der Waals surface area contributed by atoms with Gasteiger partial charge < -0.3 is 9.84 Å². The maximum absolute atomic E-state index is 14.0. The third kappa shape index (κ3) is 5.62. The minimum Gasteiger partial charge on any atom is -0.506 e. The van der Waals surface area contributed by atoms with Crippen LogP contribution in [0.4, 0.5) is 27.6 Å². The fourth-order valence-electron chi connectivity index (χ4n) is 3.45. The average Bonchev–Trinajstić information content (AvgIpc) is 2.88. The molecule has 0 atom stereocenters. The Morgan fingerprint density at radius 2 is 1.65 bits per heavy atom. The molecule has 0 unspecified atom stereocenters. The lowest BCUT2D eigenvalue weighted by Gasteiger charge is -2.15. The number of phenols is 1. The van der Waals surface area contributed by atoms with E-state index in [1.54, 1.807) is 4.72 Å². The number of nitrogens with one attached hydrogen (secondary N) is 2. The smallest absolute Gasteiger partial charge is 0.349 e.